The second-order valence-corrected chi connectivity index (χ2v) is 31.4. The van der Waals surface area contributed by atoms with E-state index in [-0.39, 0.29) is 0 Å². The number of aryl methyl sites for hydroxylation is 16. The smallest absolute Gasteiger partial charge is 0.0778 e. The summed E-state index contributed by atoms with van der Waals surface area (Å²) in [6.07, 6.45) is 0. The average molecular weight is 1380 g/mol. The molecule has 0 amide bonds. The van der Waals surface area contributed by atoms with Gasteiger partial charge < -0.3 is 0 Å². The number of nitrogens with zero attached hydrogens (tertiary/aromatic N) is 10. The minimum atomic E-state index is 1.09. The zero-order chi connectivity index (χ0) is 77.0. The summed E-state index contributed by atoms with van der Waals surface area (Å²) in [6.45, 7) is 84.4. The van der Waals surface area contributed by atoms with Crippen LogP contribution >= 0.6 is 0 Å². The molecule has 0 saturated carbocycles. The number of aromatic nitrogens is 10. The van der Waals surface area contributed by atoms with Gasteiger partial charge in [-0.2, -0.15) is 25.5 Å². The molecule has 10 nitrogen and oxygen atoms in total. The molecule has 103 heavy (non-hydrogen) atoms. The molecule has 8 aromatic carbocycles. The van der Waals surface area contributed by atoms with Crippen LogP contribution in [-0.4, -0.2) is 48.9 Å². The lowest BCUT2D eigenvalue weighted by atomic mass is 9.81. The van der Waals surface area contributed by atoms with Gasteiger partial charge in [-0.05, 0) is 458 Å². The van der Waals surface area contributed by atoms with Gasteiger partial charge in [0, 0.05) is 41.0 Å². The van der Waals surface area contributed by atoms with Gasteiger partial charge in [0.1, 0.15) is 0 Å². The summed E-state index contributed by atoms with van der Waals surface area (Å²) in [5.41, 5.74) is 62.9. The van der Waals surface area contributed by atoms with Crippen LogP contribution in [0.25, 0.3) is 82.7 Å². The second kappa shape index (κ2) is 27.3. The molecule has 542 valence electrons. The average Bonchev–Trinajstić information content (AvgIpc) is 1.70. The maximum Gasteiger partial charge on any atom is 0.0778 e. The minimum Gasteiger partial charge on any atom is -0.267 e. The summed E-state index contributed by atoms with van der Waals surface area (Å²) in [7, 11) is 4.09. The molecule has 0 unspecified atom stereocenters. The lowest BCUT2D eigenvalue weighted by Crippen LogP contribution is -2.12. The van der Waals surface area contributed by atoms with E-state index in [9.17, 15) is 0 Å². The van der Waals surface area contributed by atoms with E-state index in [1.54, 1.807) is 0 Å². The SMILES string of the molecule is Cc1c(C)c(-n2nc(C)c3c(C)c(C)c(C)c(C)c32)c(C)c(C)c1-n1nc(C)c2c(C)c(C)c(C)c(C)c21.Cc1c(C)c(C)c(-c2c(C)c(C)c(C)c3c2c(C)nn3C)c(C)c1C.Cc1c(C)c(C)c(-n2nc(C)c3c(C)c(C)c(C)c(C)c32)c(C)c1C.Cc1c(C)c(C)c2c(c(C)nn2C)c1C. The van der Waals surface area contributed by atoms with Crippen molar-refractivity contribution in [2.75, 3.05) is 0 Å². The minimum absolute atomic E-state index is 1.09. The molecule has 0 saturated heterocycles. The van der Waals surface area contributed by atoms with E-state index in [4.69, 9.17) is 20.4 Å². The zero-order valence-corrected chi connectivity index (χ0v) is 71.0. The Morgan fingerprint density at radius 2 is 0.311 bits per heavy atom. The van der Waals surface area contributed by atoms with Gasteiger partial charge in [-0.15, -0.1) is 0 Å². The van der Waals surface area contributed by atoms with Crippen LogP contribution < -0.4 is 0 Å². The number of rotatable bonds is 4. The molecule has 5 aromatic heterocycles. The van der Waals surface area contributed by atoms with E-state index < -0.39 is 0 Å². The standard InChI is InChI=1S/C34H42N4.2C23H30N2.C13H18N2/c1-15-17(3)21(7)33-29(19(15)5)27(13)35-37(33)31-23(9)25(11)32(26(12)24(31)10)38-34-22(8)18(4)16(2)20(6)30(34)28(14)36-38;1-11-13(3)17(7)22(18(8)14(11)4)25-23-19(9)15(5)12(2)16(6)21(23)20(10)24-25;1-11-12(2)15(5)20(16(6)13(11)3)21-17(7)14(4)18(8)23-22(21)19(9)24-25(23)10;1-7-8(2)10(4)13-12(9(7)3)11(5)14-15(13)6/h1-14H3;2*1-10H3;1-6H3. The van der Waals surface area contributed by atoms with E-state index in [1.807, 2.05) is 11.7 Å². The monoisotopic (exact) mass is 1380 g/mol. The molecular weight excluding hydrogens is 1260 g/mol. The van der Waals surface area contributed by atoms with Crippen LogP contribution in [0.2, 0.25) is 0 Å². The van der Waals surface area contributed by atoms with E-state index in [0.29, 0.717) is 0 Å². The fourth-order valence-electron chi connectivity index (χ4n) is 17.8. The first-order valence-corrected chi connectivity index (χ1v) is 37.3. The number of hydrogen-bond acceptors (Lipinski definition) is 5. The molecule has 0 aliphatic rings. The predicted molar refractivity (Wildman–Crippen MR) is 444 cm³/mol. The van der Waals surface area contributed by atoms with E-state index >= 15 is 0 Å². The van der Waals surface area contributed by atoms with Crippen LogP contribution in [0.4, 0.5) is 0 Å². The molecule has 0 bridgehead atoms. The molecule has 0 aliphatic carbocycles. The largest absolute Gasteiger partial charge is 0.267 e. The van der Waals surface area contributed by atoms with Gasteiger partial charge in [0.05, 0.1) is 73.1 Å². The summed E-state index contributed by atoms with van der Waals surface area (Å²) in [5, 5.41) is 31.1. The van der Waals surface area contributed by atoms with Gasteiger partial charge >= 0.3 is 0 Å². The van der Waals surface area contributed by atoms with Gasteiger partial charge in [-0.3, -0.25) is 9.36 Å². The highest BCUT2D eigenvalue weighted by molar-refractivity contribution is 6.03. The van der Waals surface area contributed by atoms with E-state index in [1.165, 1.54) is 266 Å². The van der Waals surface area contributed by atoms with Gasteiger partial charge in [0.2, 0.25) is 0 Å². The normalized spacial score (nSPS) is 11.7. The highest BCUT2D eigenvalue weighted by atomic mass is 15.3. The fourth-order valence-corrected chi connectivity index (χ4v) is 17.8. The first-order valence-electron chi connectivity index (χ1n) is 37.3. The van der Waals surface area contributed by atoms with Crippen molar-refractivity contribution in [2.24, 2.45) is 14.1 Å². The molecule has 0 atom stereocenters. The van der Waals surface area contributed by atoms with Crippen molar-refractivity contribution in [3.8, 4) is 28.2 Å². The third kappa shape index (κ3) is 11.5. The second-order valence-electron chi connectivity index (χ2n) is 31.4. The van der Waals surface area contributed by atoms with Crippen molar-refractivity contribution < 1.29 is 0 Å². The molecule has 13 aromatic rings. The van der Waals surface area contributed by atoms with E-state index in [2.05, 4.69) is 294 Å². The molecule has 10 heteroatoms. The molecule has 5 heterocycles. The molecule has 0 spiro atoms. The van der Waals surface area contributed by atoms with Crippen LogP contribution in [0.1, 0.15) is 212 Å². The third-order valence-corrected chi connectivity index (χ3v) is 26.8. The summed E-state index contributed by atoms with van der Waals surface area (Å²) >= 11 is 0. The lowest BCUT2D eigenvalue weighted by molar-refractivity contribution is 0.780. The van der Waals surface area contributed by atoms with Crippen LogP contribution in [0.5, 0.6) is 0 Å². The van der Waals surface area contributed by atoms with Crippen molar-refractivity contribution in [2.45, 2.75) is 263 Å². The Morgan fingerprint density at radius 3 is 0.592 bits per heavy atom. The first kappa shape index (κ1) is 76.7. The molecular formula is C93H120N10. The Bertz CT molecular complexity index is 5540. The van der Waals surface area contributed by atoms with Crippen LogP contribution in [0.15, 0.2) is 0 Å². The summed E-state index contributed by atoms with van der Waals surface area (Å²) in [4.78, 5) is 0. The molecule has 0 N–H and O–H groups in total. The summed E-state index contributed by atoms with van der Waals surface area (Å²) in [6, 6.07) is 0. The zero-order valence-electron chi connectivity index (χ0n) is 71.0. The molecule has 13 rings (SSSR count). The van der Waals surface area contributed by atoms with Gasteiger partial charge in [-0.1, -0.05) is 0 Å². The van der Waals surface area contributed by atoms with Gasteiger partial charge in [0.15, 0.2) is 0 Å². The highest BCUT2D eigenvalue weighted by Gasteiger charge is 2.29. The van der Waals surface area contributed by atoms with Gasteiger partial charge in [0.25, 0.3) is 0 Å². The van der Waals surface area contributed by atoms with E-state index in [0.717, 1.165) is 28.5 Å². The summed E-state index contributed by atoms with van der Waals surface area (Å²) < 4.78 is 10.7. The lowest BCUT2D eigenvalue weighted by Gasteiger charge is -2.23. The third-order valence-electron chi connectivity index (χ3n) is 26.8. The topological polar surface area (TPSA) is 89.1 Å². The Morgan fingerprint density at radius 1 is 0.146 bits per heavy atom. The van der Waals surface area contributed by atoms with Crippen molar-refractivity contribution in [1.29, 1.82) is 0 Å². The van der Waals surface area contributed by atoms with Crippen molar-refractivity contribution in [1.82, 2.24) is 48.9 Å². The first-order chi connectivity index (χ1) is 47.8. The maximum absolute atomic E-state index is 5.17. The quantitative estimate of drug-likeness (QED) is 0.175. The molecule has 0 aliphatic heterocycles. The van der Waals surface area contributed by atoms with Crippen LogP contribution in [0.3, 0.4) is 0 Å². The Kier molecular flexibility index (Phi) is 20.3. The van der Waals surface area contributed by atoms with Crippen LogP contribution in [-0.2, 0) is 14.1 Å². The highest BCUT2D eigenvalue weighted by Crippen LogP contribution is 2.45. The Hall–Kier alpha value is -8.89. The van der Waals surface area contributed by atoms with Gasteiger partial charge in [-0.25, -0.2) is 14.0 Å². The van der Waals surface area contributed by atoms with Crippen molar-refractivity contribution >= 4 is 54.5 Å². The van der Waals surface area contributed by atoms with Crippen molar-refractivity contribution in [3.63, 3.8) is 0 Å². The van der Waals surface area contributed by atoms with Crippen molar-refractivity contribution in [3.05, 3.63) is 212 Å². The molecule has 0 fully saturated rings. The Labute approximate surface area is 617 Å². The number of hydrogen-bond donors (Lipinski definition) is 0. The van der Waals surface area contributed by atoms with Crippen LogP contribution in [0, 0.1) is 263 Å². The fraction of sp³-hybridized carbons (Fsp3) is 0.430. The number of benzene rings is 8. The molecule has 0 radical (unpaired) electrons. The number of fused-ring (bicyclic) bond motifs is 5. The predicted octanol–water partition coefficient (Wildman–Crippen LogP) is 23.9. The Balaban J connectivity index is 0.000000155. The summed E-state index contributed by atoms with van der Waals surface area (Å²) in [5.74, 6) is 0. The maximum atomic E-state index is 5.17.